The van der Waals surface area contributed by atoms with E-state index in [0.29, 0.717) is 13.2 Å². The molecule has 0 spiro atoms. The maximum absolute atomic E-state index is 10.6. The third-order valence-corrected chi connectivity index (χ3v) is 2.59. The first-order valence-electron chi connectivity index (χ1n) is 8.35. The fourth-order valence-electron chi connectivity index (χ4n) is 1.02. The molecule has 0 rings (SSSR count). The molecule has 0 bridgehead atoms. The Morgan fingerprint density at radius 3 is 1.14 bits per heavy atom. The van der Waals surface area contributed by atoms with Gasteiger partial charge in [-0.25, -0.2) is 19.2 Å². The van der Waals surface area contributed by atoms with Crippen LogP contribution in [-0.4, -0.2) is 47.3 Å². The summed E-state index contributed by atoms with van der Waals surface area (Å²) in [6, 6.07) is 0. The number of unbranched alkanes of at least 4 members (excludes halogenated alkanes) is 3. The van der Waals surface area contributed by atoms with E-state index in [4.69, 9.17) is 19.7 Å². The predicted octanol–water partition coefficient (Wildman–Crippen LogP) is 3.30. The number of hydrogen-bond donors (Lipinski definition) is 2. The minimum absolute atomic E-state index is 0.176. The van der Waals surface area contributed by atoms with Crippen LogP contribution in [0.3, 0.4) is 0 Å². The quantitative estimate of drug-likeness (QED) is 0.308. The molecule has 8 heteroatoms. The number of rotatable bonds is 11. The molecule has 158 valence electrons. The number of esters is 2. The number of aliphatic carboxylic acids is 2. The van der Waals surface area contributed by atoms with Crippen molar-refractivity contribution in [1.82, 2.24) is 0 Å². The van der Waals surface area contributed by atoms with E-state index in [1.165, 1.54) is 13.8 Å². The zero-order chi connectivity index (χ0) is 22.5. The van der Waals surface area contributed by atoms with Crippen molar-refractivity contribution in [3.63, 3.8) is 0 Å². The molecule has 0 radical (unpaired) electrons. The monoisotopic (exact) mass is 398 g/mol. The second-order valence-electron chi connectivity index (χ2n) is 5.33. The Morgan fingerprint density at radius 2 is 0.964 bits per heavy atom. The predicted molar refractivity (Wildman–Crippen MR) is 106 cm³/mol. The normalized spacial score (nSPS) is 8.50. The van der Waals surface area contributed by atoms with Gasteiger partial charge in [0.15, 0.2) is 0 Å². The Bertz CT molecular complexity index is 487. The van der Waals surface area contributed by atoms with E-state index in [1.807, 2.05) is 0 Å². The maximum atomic E-state index is 10.6. The van der Waals surface area contributed by atoms with Gasteiger partial charge in [-0.15, -0.1) is 0 Å². The van der Waals surface area contributed by atoms with E-state index >= 15 is 0 Å². The van der Waals surface area contributed by atoms with Gasteiger partial charge < -0.3 is 19.7 Å². The van der Waals surface area contributed by atoms with Crippen molar-refractivity contribution < 1.29 is 38.9 Å². The van der Waals surface area contributed by atoms with Gasteiger partial charge in [-0.05, 0) is 39.5 Å². The topological polar surface area (TPSA) is 127 Å². The zero-order valence-electron chi connectivity index (χ0n) is 16.6. The van der Waals surface area contributed by atoms with Gasteiger partial charge >= 0.3 is 23.9 Å². The average Bonchev–Trinajstić information content (AvgIpc) is 2.64. The Labute approximate surface area is 165 Å². The lowest BCUT2D eigenvalue weighted by atomic mass is 10.2. The van der Waals surface area contributed by atoms with Gasteiger partial charge in [-0.1, -0.05) is 26.3 Å². The lowest BCUT2D eigenvalue weighted by Crippen LogP contribution is -2.03. The molecule has 2 N–H and O–H groups in total. The van der Waals surface area contributed by atoms with Gasteiger partial charge in [0.25, 0.3) is 0 Å². The van der Waals surface area contributed by atoms with Crippen LogP contribution in [0.2, 0.25) is 0 Å². The summed E-state index contributed by atoms with van der Waals surface area (Å²) < 4.78 is 9.60. The summed E-state index contributed by atoms with van der Waals surface area (Å²) in [5.41, 5.74) is 0.352. The molecule has 0 amide bonds. The van der Waals surface area contributed by atoms with Crippen LogP contribution in [0.5, 0.6) is 0 Å². The number of ether oxygens (including phenoxy) is 2. The van der Waals surface area contributed by atoms with Gasteiger partial charge in [0.1, 0.15) is 0 Å². The fraction of sp³-hybridized carbons (Fsp3) is 0.400. The van der Waals surface area contributed by atoms with Crippen molar-refractivity contribution in [1.29, 1.82) is 0 Å². The van der Waals surface area contributed by atoms with Gasteiger partial charge in [0.05, 0.1) is 13.2 Å². The largest absolute Gasteiger partial charge is 0.478 e. The Kier molecular flexibility index (Phi) is 21.3. The van der Waals surface area contributed by atoms with E-state index in [9.17, 15) is 19.2 Å². The number of carbonyl (C=O) groups excluding carboxylic acids is 2. The molecule has 0 aromatic rings. The molecule has 0 aliphatic carbocycles. The van der Waals surface area contributed by atoms with Gasteiger partial charge in [0, 0.05) is 23.3 Å². The molecule has 0 saturated heterocycles. The second kappa shape index (κ2) is 20.2. The number of carboxylic acid groups (broad SMARTS) is 2. The number of carboxylic acids is 2. The summed E-state index contributed by atoms with van der Waals surface area (Å²) in [6.07, 6.45) is 5.81. The minimum atomic E-state index is -0.935. The molecule has 0 fully saturated rings. The smallest absolute Gasteiger partial charge is 0.330 e. The molecular formula is C20H30O8. The average molecular weight is 398 g/mol. The molecule has 0 saturated carbocycles. The van der Waals surface area contributed by atoms with Crippen LogP contribution in [0.25, 0.3) is 0 Å². The molecule has 28 heavy (non-hydrogen) atoms. The third kappa shape index (κ3) is 27.7. The molecule has 8 nitrogen and oxygen atoms in total. The highest BCUT2D eigenvalue weighted by Crippen LogP contribution is 2.01. The zero-order valence-corrected chi connectivity index (χ0v) is 16.6. The Hall–Kier alpha value is -3.16. The van der Waals surface area contributed by atoms with Gasteiger partial charge in [-0.3, -0.25) is 0 Å². The van der Waals surface area contributed by atoms with Crippen LogP contribution in [0, 0.1) is 0 Å². The number of carbonyl (C=O) groups is 4. The van der Waals surface area contributed by atoms with E-state index in [-0.39, 0.29) is 23.1 Å². The lowest BCUT2D eigenvalue weighted by molar-refractivity contribution is -0.139. The van der Waals surface area contributed by atoms with Crippen molar-refractivity contribution in [3.05, 3.63) is 49.6 Å². The highest BCUT2D eigenvalue weighted by Gasteiger charge is 1.97. The summed E-state index contributed by atoms with van der Waals surface area (Å²) in [5, 5.41) is 15.8. The van der Waals surface area contributed by atoms with E-state index < -0.39 is 11.9 Å². The van der Waals surface area contributed by atoms with E-state index in [0.717, 1.165) is 37.8 Å². The SMILES string of the molecule is C=C(C)C(=O)O.C=C(C)C(=O)O.C=CC(=O)OCCCCCCOC(=O)C=C. The highest BCUT2D eigenvalue weighted by atomic mass is 16.5. The van der Waals surface area contributed by atoms with Crippen LogP contribution < -0.4 is 0 Å². The summed E-state index contributed by atoms with van der Waals surface area (Å²) in [7, 11) is 0. The summed E-state index contributed by atoms with van der Waals surface area (Å²) >= 11 is 0. The van der Waals surface area contributed by atoms with Gasteiger partial charge in [-0.2, -0.15) is 0 Å². The standard InChI is InChI=1S/C12H18O4.2C4H6O2/c1-3-11(13)15-9-7-5-6-8-10-16-12(14)4-2;2*1-3(2)4(5)6/h3-4H,1-2,5-10H2;2*1H2,2H3,(H,5,6). The van der Waals surface area contributed by atoms with Crippen molar-refractivity contribution in [2.75, 3.05) is 13.2 Å². The molecule has 0 aliphatic heterocycles. The summed E-state index contributed by atoms with van der Waals surface area (Å²) in [5.74, 6) is -2.65. The van der Waals surface area contributed by atoms with Gasteiger partial charge in [0.2, 0.25) is 0 Å². The van der Waals surface area contributed by atoms with Crippen LogP contribution in [-0.2, 0) is 28.7 Å². The first kappa shape index (κ1) is 29.6. The third-order valence-electron chi connectivity index (χ3n) is 2.59. The fourth-order valence-corrected chi connectivity index (χ4v) is 1.02. The molecule has 0 aromatic carbocycles. The highest BCUT2D eigenvalue weighted by molar-refractivity contribution is 5.85. The van der Waals surface area contributed by atoms with Crippen LogP contribution in [0.4, 0.5) is 0 Å². The first-order valence-corrected chi connectivity index (χ1v) is 8.35. The first-order chi connectivity index (χ1) is 13.0. The van der Waals surface area contributed by atoms with E-state index in [2.05, 4.69) is 26.3 Å². The Morgan fingerprint density at radius 1 is 0.714 bits per heavy atom. The Balaban J connectivity index is -0.000000426. The molecule has 0 heterocycles. The van der Waals surface area contributed by atoms with Crippen molar-refractivity contribution >= 4 is 23.9 Å². The van der Waals surface area contributed by atoms with Crippen LogP contribution >= 0.6 is 0 Å². The van der Waals surface area contributed by atoms with Crippen LogP contribution in [0.15, 0.2) is 49.6 Å². The van der Waals surface area contributed by atoms with Crippen molar-refractivity contribution in [2.24, 2.45) is 0 Å². The molecule has 0 unspecified atom stereocenters. The minimum Gasteiger partial charge on any atom is -0.478 e. The van der Waals surface area contributed by atoms with Crippen molar-refractivity contribution in [3.8, 4) is 0 Å². The molecular weight excluding hydrogens is 368 g/mol. The summed E-state index contributed by atoms with van der Waals surface area (Å²) in [6.45, 7) is 16.6. The lowest BCUT2D eigenvalue weighted by Gasteiger charge is -2.03. The van der Waals surface area contributed by atoms with Crippen LogP contribution in [0.1, 0.15) is 39.5 Å². The second-order valence-corrected chi connectivity index (χ2v) is 5.33. The maximum Gasteiger partial charge on any atom is 0.330 e. The number of hydrogen-bond acceptors (Lipinski definition) is 6. The van der Waals surface area contributed by atoms with E-state index in [1.54, 1.807) is 0 Å². The molecule has 0 aromatic heterocycles. The molecule has 0 aliphatic rings. The summed E-state index contributed by atoms with van der Waals surface area (Å²) in [4.78, 5) is 40.5. The van der Waals surface area contributed by atoms with Crippen molar-refractivity contribution in [2.45, 2.75) is 39.5 Å². The molecule has 0 atom stereocenters.